The van der Waals surface area contributed by atoms with Gasteiger partial charge in [0, 0.05) is 16.9 Å². The molecule has 0 saturated heterocycles. The number of hydrogen-bond acceptors (Lipinski definition) is 4. The molecule has 2 aromatic carbocycles. The lowest BCUT2D eigenvalue weighted by Crippen LogP contribution is -2.01. The van der Waals surface area contributed by atoms with E-state index in [4.69, 9.17) is 17.3 Å². The van der Waals surface area contributed by atoms with Gasteiger partial charge in [0.05, 0.1) is 16.9 Å². The summed E-state index contributed by atoms with van der Waals surface area (Å²) in [7, 11) is 0. The summed E-state index contributed by atoms with van der Waals surface area (Å²) in [5.41, 5.74) is 11.6. The molecule has 1 aliphatic carbocycles. The Kier molecular flexibility index (Phi) is 3.67. The summed E-state index contributed by atoms with van der Waals surface area (Å²) in [5.74, 6) is 0.491. The summed E-state index contributed by atoms with van der Waals surface area (Å²) in [6, 6.07) is 15.8. The predicted octanol–water partition coefficient (Wildman–Crippen LogP) is 4.44. The van der Waals surface area contributed by atoms with Crippen molar-refractivity contribution >= 4 is 34.5 Å². The molecule has 5 heteroatoms. The van der Waals surface area contributed by atoms with E-state index >= 15 is 0 Å². The number of aromatic nitrogens is 2. The van der Waals surface area contributed by atoms with Gasteiger partial charge in [-0.1, -0.05) is 48.0 Å². The molecule has 1 aromatic heterocycles. The molecule has 3 aromatic rings. The van der Waals surface area contributed by atoms with Crippen molar-refractivity contribution in [3.63, 3.8) is 0 Å². The van der Waals surface area contributed by atoms with E-state index in [1.807, 2.05) is 36.4 Å². The average Bonchev–Trinajstić information content (AvgIpc) is 3.01. The summed E-state index contributed by atoms with van der Waals surface area (Å²) in [5, 5.41) is 3.71. The van der Waals surface area contributed by atoms with Crippen LogP contribution >= 0.6 is 11.6 Å². The van der Waals surface area contributed by atoms with Crippen LogP contribution < -0.4 is 11.1 Å². The first-order valence-electron chi connectivity index (χ1n) is 7.64. The van der Waals surface area contributed by atoms with Crippen LogP contribution in [0.4, 0.5) is 17.3 Å². The van der Waals surface area contributed by atoms with Crippen molar-refractivity contribution in [2.45, 2.75) is 6.42 Å². The molecule has 0 bridgehead atoms. The first-order chi connectivity index (χ1) is 11.7. The first-order valence-corrected chi connectivity index (χ1v) is 8.02. The highest BCUT2D eigenvalue weighted by molar-refractivity contribution is 6.32. The van der Waals surface area contributed by atoms with Gasteiger partial charge in [-0.05, 0) is 35.7 Å². The Balaban J connectivity index is 1.70. The fourth-order valence-electron chi connectivity index (χ4n) is 2.87. The van der Waals surface area contributed by atoms with Gasteiger partial charge in [-0.3, -0.25) is 0 Å². The number of nitrogen functional groups attached to an aromatic ring is 1. The van der Waals surface area contributed by atoms with Gasteiger partial charge in [0.2, 0.25) is 5.95 Å². The van der Waals surface area contributed by atoms with Crippen LogP contribution in [0.15, 0.2) is 60.8 Å². The van der Waals surface area contributed by atoms with Crippen LogP contribution in [0.3, 0.4) is 0 Å². The second-order valence-corrected chi connectivity index (χ2v) is 6.03. The van der Waals surface area contributed by atoms with Gasteiger partial charge in [-0.25, -0.2) is 9.97 Å². The summed E-state index contributed by atoms with van der Waals surface area (Å²) < 4.78 is 0. The quantitative estimate of drug-likeness (QED) is 0.695. The molecule has 0 aliphatic heterocycles. The van der Waals surface area contributed by atoms with Crippen molar-refractivity contribution in [1.29, 1.82) is 0 Å². The normalized spacial score (nSPS) is 12.6. The maximum Gasteiger partial charge on any atom is 0.227 e. The largest absolute Gasteiger partial charge is 0.399 e. The van der Waals surface area contributed by atoms with E-state index in [2.05, 4.69) is 33.5 Å². The Morgan fingerprint density at radius 3 is 2.83 bits per heavy atom. The molecule has 3 N–H and O–H groups in total. The molecule has 118 valence electrons. The van der Waals surface area contributed by atoms with Crippen LogP contribution in [-0.2, 0) is 6.42 Å². The van der Waals surface area contributed by atoms with Crippen LogP contribution in [0, 0.1) is 0 Å². The van der Waals surface area contributed by atoms with Gasteiger partial charge < -0.3 is 11.1 Å². The van der Waals surface area contributed by atoms with Crippen molar-refractivity contribution in [2.75, 3.05) is 11.1 Å². The number of rotatable bonds is 3. The molecule has 4 nitrogen and oxygen atoms in total. The predicted molar refractivity (Wildman–Crippen MR) is 98.4 cm³/mol. The van der Waals surface area contributed by atoms with E-state index in [1.165, 1.54) is 11.1 Å². The number of fused-ring (bicyclic) bond motifs is 1. The van der Waals surface area contributed by atoms with Gasteiger partial charge in [0.1, 0.15) is 0 Å². The number of allylic oxidation sites excluding steroid dienone is 1. The zero-order valence-corrected chi connectivity index (χ0v) is 13.6. The fraction of sp³-hybridized carbons (Fsp3) is 0.0526. The second-order valence-electron chi connectivity index (χ2n) is 5.62. The molecule has 1 heterocycles. The van der Waals surface area contributed by atoms with Gasteiger partial charge in [-0.2, -0.15) is 0 Å². The lowest BCUT2D eigenvalue weighted by Gasteiger charge is -2.10. The van der Waals surface area contributed by atoms with Crippen LogP contribution in [0.5, 0.6) is 0 Å². The van der Waals surface area contributed by atoms with Crippen molar-refractivity contribution in [2.24, 2.45) is 0 Å². The topological polar surface area (TPSA) is 63.8 Å². The third-order valence-electron chi connectivity index (χ3n) is 3.98. The lowest BCUT2D eigenvalue weighted by atomic mass is 10.0. The number of benzene rings is 2. The maximum absolute atomic E-state index is 6.36. The van der Waals surface area contributed by atoms with E-state index < -0.39 is 0 Å². The van der Waals surface area contributed by atoms with Crippen LogP contribution in [0.2, 0.25) is 5.02 Å². The first kappa shape index (κ1) is 14.7. The third-order valence-corrected chi connectivity index (χ3v) is 4.25. The Bertz CT molecular complexity index is 950. The van der Waals surface area contributed by atoms with E-state index in [-0.39, 0.29) is 0 Å². The Hall–Kier alpha value is -2.85. The van der Waals surface area contributed by atoms with Crippen LogP contribution in [0.1, 0.15) is 16.8 Å². The molecule has 0 spiro atoms. The van der Waals surface area contributed by atoms with Gasteiger partial charge in [0.15, 0.2) is 0 Å². The minimum absolute atomic E-state index is 0.491. The number of nitrogens with two attached hydrogens (primary N) is 1. The smallest absolute Gasteiger partial charge is 0.227 e. The molecule has 0 fully saturated rings. The molecule has 4 rings (SSSR count). The van der Waals surface area contributed by atoms with Crippen LogP contribution in [-0.4, -0.2) is 9.97 Å². The Morgan fingerprint density at radius 1 is 1.08 bits per heavy atom. The lowest BCUT2D eigenvalue weighted by molar-refractivity contribution is 1.14. The highest BCUT2D eigenvalue weighted by Crippen LogP contribution is 2.35. The highest BCUT2D eigenvalue weighted by Gasteiger charge is 2.19. The number of halogens is 1. The zero-order chi connectivity index (χ0) is 16.5. The van der Waals surface area contributed by atoms with Crippen molar-refractivity contribution in [3.8, 4) is 0 Å². The summed E-state index contributed by atoms with van der Waals surface area (Å²) in [6.07, 6.45) is 4.67. The van der Waals surface area contributed by atoms with Crippen LogP contribution in [0.25, 0.3) is 5.57 Å². The molecule has 0 atom stereocenters. The molecule has 1 aliphatic rings. The molecule has 0 radical (unpaired) electrons. The monoisotopic (exact) mass is 334 g/mol. The minimum Gasteiger partial charge on any atom is -0.399 e. The third kappa shape index (κ3) is 2.72. The molecule has 0 unspecified atom stereocenters. The second kappa shape index (κ2) is 5.98. The van der Waals surface area contributed by atoms with Gasteiger partial charge >= 0.3 is 0 Å². The maximum atomic E-state index is 6.36. The highest BCUT2D eigenvalue weighted by atomic mass is 35.5. The molecule has 24 heavy (non-hydrogen) atoms. The number of anilines is 3. The summed E-state index contributed by atoms with van der Waals surface area (Å²) in [4.78, 5) is 8.88. The molecular weight excluding hydrogens is 320 g/mol. The minimum atomic E-state index is 0.491. The molecular formula is C19H15ClN4. The van der Waals surface area contributed by atoms with Gasteiger partial charge in [0.25, 0.3) is 0 Å². The SMILES string of the molecule is Nc1cccc(Nc2ncc(Cl)c(C3=CCc4ccccc43)n2)c1. The van der Waals surface area contributed by atoms with E-state index in [1.54, 1.807) is 6.20 Å². The molecule has 0 saturated carbocycles. The van der Waals surface area contributed by atoms with Crippen molar-refractivity contribution in [1.82, 2.24) is 9.97 Å². The number of hydrogen-bond donors (Lipinski definition) is 2. The van der Waals surface area contributed by atoms with Gasteiger partial charge in [-0.15, -0.1) is 0 Å². The fourth-order valence-corrected chi connectivity index (χ4v) is 3.06. The Labute approximate surface area is 145 Å². The van der Waals surface area contributed by atoms with E-state index in [0.29, 0.717) is 16.7 Å². The average molecular weight is 335 g/mol. The van der Waals surface area contributed by atoms with Crippen molar-refractivity contribution < 1.29 is 0 Å². The van der Waals surface area contributed by atoms with E-state index in [9.17, 15) is 0 Å². The Morgan fingerprint density at radius 2 is 1.96 bits per heavy atom. The van der Waals surface area contributed by atoms with Crippen molar-refractivity contribution in [3.05, 3.63) is 82.6 Å². The number of nitrogens with one attached hydrogen (secondary N) is 1. The number of nitrogens with zero attached hydrogens (tertiary/aromatic N) is 2. The standard InChI is InChI=1S/C19H15ClN4/c20-17-11-22-19(23-14-6-3-5-13(21)10-14)24-18(17)16-9-8-12-4-1-2-7-15(12)16/h1-7,9-11H,8,21H2,(H,22,23,24). The summed E-state index contributed by atoms with van der Waals surface area (Å²) >= 11 is 6.36. The zero-order valence-electron chi connectivity index (χ0n) is 12.8. The summed E-state index contributed by atoms with van der Waals surface area (Å²) in [6.45, 7) is 0. The molecule has 0 amide bonds. The van der Waals surface area contributed by atoms with E-state index in [0.717, 1.165) is 23.4 Å².